The van der Waals surface area contributed by atoms with Crippen LogP contribution in [0.1, 0.15) is 46.7 Å². The molecule has 1 aliphatic rings. The van der Waals surface area contributed by atoms with Gasteiger partial charge < -0.3 is 10.5 Å². The SMILES string of the molecule is CCOc1ccc(Br)cc1C(N)c1cc2c(s1)CCCC2. The van der Waals surface area contributed by atoms with Gasteiger partial charge in [-0.2, -0.15) is 0 Å². The van der Waals surface area contributed by atoms with Gasteiger partial charge in [-0.15, -0.1) is 11.3 Å². The summed E-state index contributed by atoms with van der Waals surface area (Å²) >= 11 is 5.41. The maximum absolute atomic E-state index is 6.54. The van der Waals surface area contributed by atoms with Crippen LogP contribution in [0.5, 0.6) is 5.75 Å². The Morgan fingerprint density at radius 1 is 1.29 bits per heavy atom. The lowest BCUT2D eigenvalue weighted by molar-refractivity contribution is 0.335. The highest BCUT2D eigenvalue weighted by Gasteiger charge is 2.20. The molecule has 112 valence electrons. The van der Waals surface area contributed by atoms with Gasteiger partial charge in [0.1, 0.15) is 5.75 Å². The highest BCUT2D eigenvalue weighted by Crippen LogP contribution is 2.37. The molecule has 0 fully saturated rings. The second-order valence-electron chi connectivity index (χ2n) is 5.40. The zero-order valence-corrected chi connectivity index (χ0v) is 14.6. The number of aryl methyl sites for hydroxylation is 2. The Bertz CT molecular complexity index is 614. The minimum atomic E-state index is -0.111. The van der Waals surface area contributed by atoms with Gasteiger partial charge in [0.05, 0.1) is 12.6 Å². The smallest absolute Gasteiger partial charge is 0.124 e. The van der Waals surface area contributed by atoms with Crippen LogP contribution in [0.4, 0.5) is 0 Å². The number of hydrogen-bond donors (Lipinski definition) is 1. The third-order valence-corrected chi connectivity index (χ3v) is 5.74. The number of halogens is 1. The molecule has 1 aromatic heterocycles. The van der Waals surface area contributed by atoms with Crippen molar-refractivity contribution in [2.45, 2.75) is 38.6 Å². The molecule has 3 rings (SSSR count). The molecule has 1 aliphatic carbocycles. The van der Waals surface area contributed by atoms with Crippen LogP contribution in [-0.4, -0.2) is 6.61 Å². The van der Waals surface area contributed by atoms with Crippen LogP contribution in [0.15, 0.2) is 28.7 Å². The molecule has 1 unspecified atom stereocenters. The molecule has 2 N–H and O–H groups in total. The number of nitrogens with two attached hydrogens (primary N) is 1. The van der Waals surface area contributed by atoms with Crippen molar-refractivity contribution in [3.8, 4) is 5.75 Å². The minimum absolute atomic E-state index is 0.111. The predicted octanol–water partition coefficient (Wildman–Crippen LogP) is 4.84. The van der Waals surface area contributed by atoms with Crippen LogP contribution < -0.4 is 10.5 Å². The minimum Gasteiger partial charge on any atom is -0.494 e. The first-order valence-corrected chi connectivity index (χ1v) is 9.09. The van der Waals surface area contributed by atoms with Crippen molar-refractivity contribution >= 4 is 27.3 Å². The summed E-state index contributed by atoms with van der Waals surface area (Å²) in [5, 5.41) is 0. The highest BCUT2D eigenvalue weighted by atomic mass is 79.9. The van der Waals surface area contributed by atoms with Crippen LogP contribution in [-0.2, 0) is 12.8 Å². The number of hydrogen-bond acceptors (Lipinski definition) is 3. The van der Waals surface area contributed by atoms with Gasteiger partial charge in [-0.05, 0) is 62.4 Å². The number of ether oxygens (including phenoxy) is 1. The fourth-order valence-electron chi connectivity index (χ4n) is 2.87. The van der Waals surface area contributed by atoms with E-state index >= 15 is 0 Å². The Balaban J connectivity index is 1.95. The number of fused-ring (bicyclic) bond motifs is 1. The summed E-state index contributed by atoms with van der Waals surface area (Å²) in [4.78, 5) is 2.78. The van der Waals surface area contributed by atoms with Crippen molar-refractivity contribution in [1.29, 1.82) is 0 Å². The van der Waals surface area contributed by atoms with E-state index in [0.717, 1.165) is 15.8 Å². The second kappa shape index (κ2) is 6.51. The largest absolute Gasteiger partial charge is 0.494 e. The summed E-state index contributed by atoms with van der Waals surface area (Å²) in [6.45, 7) is 2.66. The Labute approximate surface area is 138 Å². The van der Waals surface area contributed by atoms with Gasteiger partial charge in [0, 0.05) is 19.8 Å². The van der Waals surface area contributed by atoms with Crippen LogP contribution in [0.3, 0.4) is 0 Å². The molecule has 1 atom stereocenters. The van der Waals surface area contributed by atoms with Crippen molar-refractivity contribution in [2.75, 3.05) is 6.61 Å². The lowest BCUT2D eigenvalue weighted by Gasteiger charge is -2.16. The molecule has 0 saturated carbocycles. The monoisotopic (exact) mass is 365 g/mol. The molecule has 0 spiro atoms. The lowest BCUT2D eigenvalue weighted by atomic mass is 9.98. The van der Waals surface area contributed by atoms with Crippen molar-refractivity contribution in [2.24, 2.45) is 5.73 Å². The average molecular weight is 366 g/mol. The van der Waals surface area contributed by atoms with E-state index in [-0.39, 0.29) is 6.04 Å². The van der Waals surface area contributed by atoms with Gasteiger partial charge >= 0.3 is 0 Å². The Morgan fingerprint density at radius 2 is 2.10 bits per heavy atom. The molecular weight excluding hydrogens is 346 g/mol. The zero-order chi connectivity index (χ0) is 14.8. The fraction of sp³-hybridized carbons (Fsp3) is 0.412. The van der Waals surface area contributed by atoms with Gasteiger partial charge in [-0.1, -0.05) is 15.9 Å². The summed E-state index contributed by atoms with van der Waals surface area (Å²) in [5.41, 5.74) is 9.10. The summed E-state index contributed by atoms with van der Waals surface area (Å²) in [6.07, 6.45) is 5.03. The zero-order valence-electron chi connectivity index (χ0n) is 12.2. The van der Waals surface area contributed by atoms with Crippen LogP contribution >= 0.6 is 27.3 Å². The molecule has 4 heteroatoms. The van der Waals surface area contributed by atoms with Crippen molar-refractivity contribution in [1.82, 2.24) is 0 Å². The van der Waals surface area contributed by atoms with E-state index in [0.29, 0.717) is 6.61 Å². The topological polar surface area (TPSA) is 35.2 Å². The number of benzene rings is 1. The summed E-state index contributed by atoms with van der Waals surface area (Å²) in [5.74, 6) is 0.888. The molecule has 1 aromatic carbocycles. The number of rotatable bonds is 4. The second-order valence-corrected chi connectivity index (χ2v) is 7.48. The summed E-state index contributed by atoms with van der Waals surface area (Å²) in [7, 11) is 0. The quantitative estimate of drug-likeness (QED) is 0.841. The Morgan fingerprint density at radius 3 is 2.86 bits per heavy atom. The maximum Gasteiger partial charge on any atom is 0.124 e. The average Bonchev–Trinajstić information content (AvgIpc) is 2.92. The molecule has 0 radical (unpaired) electrons. The van der Waals surface area contributed by atoms with Crippen LogP contribution in [0.25, 0.3) is 0 Å². The number of thiophene rings is 1. The molecule has 2 nitrogen and oxygen atoms in total. The molecule has 1 heterocycles. The maximum atomic E-state index is 6.54. The van der Waals surface area contributed by atoms with E-state index in [1.54, 1.807) is 0 Å². The molecule has 0 aliphatic heterocycles. The third-order valence-electron chi connectivity index (χ3n) is 3.93. The fourth-order valence-corrected chi connectivity index (χ4v) is 4.53. The van der Waals surface area contributed by atoms with Gasteiger partial charge in [-0.3, -0.25) is 0 Å². The Hall–Kier alpha value is -0.840. The first-order chi connectivity index (χ1) is 10.2. The molecular formula is C17H20BrNOS. The van der Waals surface area contributed by atoms with Crippen molar-refractivity contribution < 1.29 is 4.74 Å². The van der Waals surface area contributed by atoms with Gasteiger partial charge in [0.25, 0.3) is 0 Å². The van der Waals surface area contributed by atoms with Crippen molar-refractivity contribution in [3.05, 3.63) is 49.6 Å². The molecule has 0 bridgehead atoms. The van der Waals surface area contributed by atoms with Crippen LogP contribution in [0, 0.1) is 0 Å². The third kappa shape index (κ3) is 3.17. The Kier molecular flexibility index (Phi) is 4.67. The van der Waals surface area contributed by atoms with Crippen molar-refractivity contribution in [3.63, 3.8) is 0 Å². The molecule has 2 aromatic rings. The standard InChI is InChI=1S/C17H20BrNOS/c1-2-20-14-8-7-12(18)10-13(14)17(19)16-9-11-5-3-4-6-15(11)21-16/h7-10,17H,2-6,19H2,1H3. The normalized spacial score (nSPS) is 15.6. The van der Waals surface area contributed by atoms with E-state index in [2.05, 4.69) is 28.1 Å². The summed E-state index contributed by atoms with van der Waals surface area (Å²) in [6, 6.07) is 8.27. The molecule has 21 heavy (non-hydrogen) atoms. The summed E-state index contributed by atoms with van der Waals surface area (Å²) < 4.78 is 6.78. The van der Waals surface area contributed by atoms with E-state index in [9.17, 15) is 0 Å². The van der Waals surface area contributed by atoms with Gasteiger partial charge in [-0.25, -0.2) is 0 Å². The van der Waals surface area contributed by atoms with Gasteiger partial charge in [0.2, 0.25) is 0 Å². The van der Waals surface area contributed by atoms with Gasteiger partial charge in [0.15, 0.2) is 0 Å². The first kappa shape index (κ1) is 15.1. The molecule has 0 saturated heterocycles. The van der Waals surface area contributed by atoms with E-state index in [1.165, 1.54) is 41.0 Å². The van der Waals surface area contributed by atoms with E-state index in [4.69, 9.17) is 10.5 Å². The molecule has 0 amide bonds. The van der Waals surface area contributed by atoms with Crippen LogP contribution in [0.2, 0.25) is 0 Å². The first-order valence-electron chi connectivity index (χ1n) is 7.48. The highest BCUT2D eigenvalue weighted by molar-refractivity contribution is 9.10. The lowest BCUT2D eigenvalue weighted by Crippen LogP contribution is -2.12. The van der Waals surface area contributed by atoms with E-state index in [1.807, 2.05) is 30.4 Å². The van der Waals surface area contributed by atoms with E-state index < -0.39 is 0 Å². The predicted molar refractivity (Wildman–Crippen MR) is 92.3 cm³/mol.